The van der Waals surface area contributed by atoms with Crippen LogP contribution in [0.3, 0.4) is 0 Å². The number of hydrogen-bond acceptors (Lipinski definition) is 5. The number of likely N-dealkylation sites (tertiary alicyclic amines) is 2. The van der Waals surface area contributed by atoms with E-state index in [0.717, 1.165) is 74.8 Å². The van der Waals surface area contributed by atoms with Crippen molar-refractivity contribution < 1.29 is 14.3 Å². The minimum Gasteiger partial charge on any atom is -0.496 e. The lowest BCUT2D eigenvalue weighted by molar-refractivity contribution is -0.128. The summed E-state index contributed by atoms with van der Waals surface area (Å²) >= 11 is 1.67. The highest BCUT2D eigenvalue weighted by Crippen LogP contribution is 2.35. The molecule has 2 saturated heterocycles. The Kier molecular flexibility index (Phi) is 6.70. The third-order valence-electron chi connectivity index (χ3n) is 5.54. The van der Waals surface area contributed by atoms with E-state index in [9.17, 15) is 4.79 Å². The number of carbonyl (C=O) groups excluding carboxylic acids is 1. The molecular weight excluding hydrogens is 348 g/mol. The lowest BCUT2D eigenvalue weighted by Crippen LogP contribution is -2.38. The van der Waals surface area contributed by atoms with Crippen molar-refractivity contribution in [1.29, 1.82) is 0 Å². The number of piperidine rings is 1. The summed E-state index contributed by atoms with van der Waals surface area (Å²) in [5.74, 6) is 2.83. The van der Waals surface area contributed by atoms with Crippen LogP contribution in [-0.4, -0.2) is 62.4 Å². The van der Waals surface area contributed by atoms with E-state index in [1.54, 1.807) is 26.0 Å². The van der Waals surface area contributed by atoms with E-state index < -0.39 is 0 Å². The van der Waals surface area contributed by atoms with Gasteiger partial charge in [-0.3, -0.25) is 9.69 Å². The molecule has 0 unspecified atom stereocenters. The van der Waals surface area contributed by atoms with Crippen LogP contribution in [0.5, 0.6) is 11.5 Å². The number of rotatable bonds is 7. The predicted octanol–water partition coefficient (Wildman–Crippen LogP) is 3.26. The van der Waals surface area contributed by atoms with Gasteiger partial charge in [0.05, 0.1) is 19.1 Å². The Morgan fingerprint density at radius 1 is 1.12 bits per heavy atom. The first-order valence-electron chi connectivity index (χ1n) is 9.43. The van der Waals surface area contributed by atoms with E-state index in [4.69, 9.17) is 9.47 Å². The van der Waals surface area contributed by atoms with Crippen LogP contribution < -0.4 is 9.47 Å². The Bertz CT molecular complexity index is 630. The van der Waals surface area contributed by atoms with Gasteiger partial charge in [-0.2, -0.15) is 0 Å². The maximum absolute atomic E-state index is 11.8. The van der Waals surface area contributed by atoms with E-state index in [1.165, 1.54) is 5.56 Å². The van der Waals surface area contributed by atoms with E-state index in [2.05, 4.69) is 21.9 Å². The van der Waals surface area contributed by atoms with Crippen LogP contribution in [0, 0.1) is 5.92 Å². The van der Waals surface area contributed by atoms with Gasteiger partial charge in [-0.25, -0.2) is 0 Å². The highest BCUT2D eigenvalue weighted by atomic mass is 32.2. The number of methoxy groups -OCH3 is 2. The Labute approximate surface area is 161 Å². The molecule has 2 fully saturated rings. The Hall–Kier alpha value is -1.40. The van der Waals surface area contributed by atoms with Crippen LogP contribution in [0.1, 0.15) is 31.2 Å². The van der Waals surface area contributed by atoms with Gasteiger partial charge in [0.25, 0.3) is 0 Å². The average Bonchev–Trinajstić information content (AvgIpc) is 3.07. The molecule has 1 amide bonds. The molecule has 0 bridgehead atoms. The summed E-state index contributed by atoms with van der Waals surface area (Å²) in [5.41, 5.74) is 1.18. The third-order valence-corrected chi connectivity index (χ3v) is 6.30. The summed E-state index contributed by atoms with van der Waals surface area (Å²) in [6.45, 7) is 4.93. The summed E-state index contributed by atoms with van der Waals surface area (Å²) in [5, 5.41) is 0. The van der Waals surface area contributed by atoms with Gasteiger partial charge >= 0.3 is 0 Å². The lowest BCUT2D eigenvalue weighted by Gasteiger charge is -2.34. The number of ether oxygens (including phenoxy) is 2. The first-order chi connectivity index (χ1) is 12.6. The Morgan fingerprint density at radius 2 is 1.85 bits per heavy atom. The first-order valence-corrected chi connectivity index (χ1v) is 10.7. The molecule has 0 N–H and O–H groups in total. The van der Waals surface area contributed by atoms with Gasteiger partial charge in [0.1, 0.15) is 11.5 Å². The van der Waals surface area contributed by atoms with Crippen molar-refractivity contribution in [2.75, 3.05) is 46.7 Å². The van der Waals surface area contributed by atoms with Crippen molar-refractivity contribution in [2.24, 2.45) is 5.92 Å². The summed E-state index contributed by atoms with van der Waals surface area (Å²) in [6.07, 6.45) is 6.14. The van der Waals surface area contributed by atoms with Gasteiger partial charge in [0, 0.05) is 31.6 Å². The maximum Gasteiger partial charge on any atom is 0.222 e. The zero-order chi connectivity index (χ0) is 18.5. The molecule has 1 aromatic carbocycles. The van der Waals surface area contributed by atoms with Gasteiger partial charge < -0.3 is 14.4 Å². The highest BCUT2D eigenvalue weighted by Gasteiger charge is 2.26. The van der Waals surface area contributed by atoms with Gasteiger partial charge in [-0.05, 0) is 56.7 Å². The summed E-state index contributed by atoms with van der Waals surface area (Å²) in [4.78, 5) is 17.5. The Balaban J connectivity index is 1.58. The van der Waals surface area contributed by atoms with E-state index in [1.807, 2.05) is 6.26 Å². The fraction of sp³-hybridized carbons (Fsp3) is 0.650. The molecular formula is C20H30N2O3S. The van der Waals surface area contributed by atoms with Crippen molar-refractivity contribution in [2.45, 2.75) is 37.1 Å². The van der Waals surface area contributed by atoms with E-state index in [-0.39, 0.29) is 0 Å². The van der Waals surface area contributed by atoms with E-state index >= 15 is 0 Å². The lowest BCUT2D eigenvalue weighted by atomic mass is 9.96. The minimum atomic E-state index is 0.346. The van der Waals surface area contributed by atoms with Gasteiger partial charge in [-0.1, -0.05) is 0 Å². The molecule has 144 valence electrons. The average molecular weight is 379 g/mol. The zero-order valence-corrected chi connectivity index (χ0v) is 16.9. The first kappa shape index (κ1) is 19.4. The quantitative estimate of drug-likeness (QED) is 0.681. The summed E-state index contributed by atoms with van der Waals surface area (Å²) in [7, 11) is 3.45. The van der Waals surface area contributed by atoms with Crippen molar-refractivity contribution in [3.05, 3.63) is 17.7 Å². The van der Waals surface area contributed by atoms with Crippen molar-refractivity contribution >= 4 is 17.7 Å². The van der Waals surface area contributed by atoms with Crippen LogP contribution in [0.4, 0.5) is 0 Å². The molecule has 1 aromatic rings. The molecule has 5 nitrogen and oxygen atoms in total. The fourth-order valence-electron chi connectivity index (χ4n) is 3.99. The smallest absolute Gasteiger partial charge is 0.222 e. The molecule has 0 saturated carbocycles. The SMILES string of the molecule is COc1cc(SC)c(OC)cc1CN1CCC(CN2CCCC2=O)CC1. The number of thioether (sulfide) groups is 1. The van der Waals surface area contributed by atoms with Crippen LogP contribution >= 0.6 is 11.8 Å². The number of carbonyl (C=O) groups is 1. The fourth-order valence-corrected chi connectivity index (χ4v) is 4.56. The molecule has 0 aromatic heterocycles. The monoisotopic (exact) mass is 378 g/mol. The van der Waals surface area contributed by atoms with Gasteiger partial charge in [0.2, 0.25) is 5.91 Å². The largest absolute Gasteiger partial charge is 0.496 e. The van der Waals surface area contributed by atoms with Crippen LogP contribution in [-0.2, 0) is 11.3 Å². The Morgan fingerprint density at radius 3 is 2.42 bits per heavy atom. The molecule has 0 spiro atoms. The molecule has 0 aliphatic carbocycles. The topological polar surface area (TPSA) is 42.0 Å². The molecule has 2 aliphatic heterocycles. The second-order valence-corrected chi connectivity index (χ2v) is 8.03. The standard InChI is InChI=1S/C20H30N2O3S/c1-24-17-12-19(26-3)18(25-2)11-16(17)14-21-9-6-15(7-10-21)13-22-8-4-5-20(22)23/h11-12,15H,4-10,13-14H2,1-3H3. The normalized spacial score (nSPS) is 19.2. The van der Waals surface area contributed by atoms with Gasteiger partial charge in [-0.15, -0.1) is 11.8 Å². The van der Waals surface area contributed by atoms with Crippen LogP contribution in [0.15, 0.2) is 17.0 Å². The third kappa shape index (κ3) is 4.46. The molecule has 2 aliphatic rings. The van der Waals surface area contributed by atoms with Crippen LogP contribution in [0.25, 0.3) is 0 Å². The zero-order valence-electron chi connectivity index (χ0n) is 16.1. The van der Waals surface area contributed by atoms with Gasteiger partial charge in [0.15, 0.2) is 0 Å². The number of nitrogens with zero attached hydrogens (tertiary/aromatic N) is 2. The number of hydrogen-bond donors (Lipinski definition) is 0. The second-order valence-electron chi connectivity index (χ2n) is 7.18. The maximum atomic E-state index is 11.8. The second kappa shape index (κ2) is 9.00. The minimum absolute atomic E-state index is 0.346. The number of benzene rings is 1. The number of amides is 1. The molecule has 0 radical (unpaired) electrons. The molecule has 6 heteroatoms. The van der Waals surface area contributed by atoms with Crippen molar-refractivity contribution in [3.8, 4) is 11.5 Å². The molecule has 2 heterocycles. The van der Waals surface area contributed by atoms with E-state index in [0.29, 0.717) is 11.8 Å². The van der Waals surface area contributed by atoms with Crippen molar-refractivity contribution in [3.63, 3.8) is 0 Å². The highest BCUT2D eigenvalue weighted by molar-refractivity contribution is 7.98. The molecule has 0 atom stereocenters. The molecule has 26 heavy (non-hydrogen) atoms. The van der Waals surface area contributed by atoms with Crippen LogP contribution in [0.2, 0.25) is 0 Å². The summed E-state index contributed by atoms with van der Waals surface area (Å²) < 4.78 is 11.1. The van der Waals surface area contributed by atoms with Crippen molar-refractivity contribution in [1.82, 2.24) is 9.80 Å². The summed E-state index contributed by atoms with van der Waals surface area (Å²) in [6, 6.07) is 4.18. The predicted molar refractivity (Wildman–Crippen MR) is 105 cm³/mol. The molecule has 3 rings (SSSR count).